The molecular formula is C4H7S2. The zero-order valence-corrected chi connectivity index (χ0v) is 5.31. The third kappa shape index (κ3) is 4.44. The van der Waals surface area contributed by atoms with Gasteiger partial charge in [0.25, 0.3) is 0 Å². The van der Waals surface area contributed by atoms with Gasteiger partial charge in [-0.1, -0.05) is 22.9 Å². The third-order valence-corrected chi connectivity index (χ3v) is 1.14. The molecule has 0 amide bonds. The molecule has 2 heteroatoms. The van der Waals surface area contributed by atoms with E-state index in [1.807, 2.05) is 19.1 Å². The summed E-state index contributed by atoms with van der Waals surface area (Å²) < 4.78 is 0. The summed E-state index contributed by atoms with van der Waals surface area (Å²) >= 11 is 4.58. The van der Waals surface area contributed by atoms with E-state index in [1.54, 1.807) is 0 Å². The van der Waals surface area contributed by atoms with Crippen LogP contribution in [0.2, 0.25) is 0 Å². The lowest BCUT2D eigenvalue weighted by Gasteiger charge is -1.74. The molecule has 1 radical (unpaired) electrons. The third-order valence-electron chi connectivity index (χ3n) is 0.400. The first-order valence-corrected chi connectivity index (χ1v) is 3.68. The maximum absolute atomic E-state index is 4.58. The fourth-order valence-corrected chi connectivity index (χ4v) is 0.642. The van der Waals surface area contributed by atoms with Crippen molar-refractivity contribution < 1.29 is 0 Å². The van der Waals surface area contributed by atoms with Crippen molar-refractivity contribution in [3.63, 3.8) is 0 Å². The Kier molecular flexibility index (Phi) is 5.84. The number of hydrogen-bond donors (Lipinski definition) is 0. The van der Waals surface area contributed by atoms with Crippen LogP contribution in [-0.4, -0.2) is 5.75 Å². The van der Waals surface area contributed by atoms with Gasteiger partial charge in [-0.25, -0.2) is 0 Å². The summed E-state index contributed by atoms with van der Waals surface area (Å²) in [4.78, 5) is 0. The fraction of sp³-hybridized carbons (Fsp3) is 0.500. The molecule has 0 heterocycles. The van der Waals surface area contributed by atoms with Crippen LogP contribution in [0.25, 0.3) is 0 Å². The van der Waals surface area contributed by atoms with Gasteiger partial charge in [0, 0.05) is 5.75 Å². The van der Waals surface area contributed by atoms with Crippen LogP contribution in [0.3, 0.4) is 0 Å². The predicted octanol–water partition coefficient (Wildman–Crippen LogP) is 2.41. The van der Waals surface area contributed by atoms with Crippen molar-refractivity contribution in [1.29, 1.82) is 0 Å². The Morgan fingerprint density at radius 1 is 1.83 bits per heavy atom. The zero-order chi connectivity index (χ0) is 4.83. The van der Waals surface area contributed by atoms with Gasteiger partial charge in [0.05, 0.1) is 0 Å². The molecule has 0 fully saturated rings. The molecule has 0 aromatic heterocycles. The SMILES string of the molecule is CC=CCS[S]. The molecule has 0 aromatic carbocycles. The highest BCUT2D eigenvalue weighted by Gasteiger charge is 1.66. The minimum atomic E-state index is 0.964. The molecular weight excluding hydrogens is 112 g/mol. The van der Waals surface area contributed by atoms with Crippen LogP contribution in [0, 0.1) is 0 Å². The standard InChI is InChI=1S/C4H7S2/c1-2-3-4-6-5/h2-3H,4H2,1H3. The predicted molar refractivity (Wildman–Crippen MR) is 34.9 cm³/mol. The molecule has 35 valence electrons. The second-order valence-electron chi connectivity index (χ2n) is 0.854. The van der Waals surface area contributed by atoms with Crippen molar-refractivity contribution in [2.75, 3.05) is 5.75 Å². The molecule has 0 rings (SSSR count). The molecule has 0 atom stereocenters. The monoisotopic (exact) mass is 119 g/mol. The smallest absolute Gasteiger partial charge is 0.0226 e. The van der Waals surface area contributed by atoms with Crippen LogP contribution in [-0.2, 0) is 0 Å². The van der Waals surface area contributed by atoms with Gasteiger partial charge in [-0.15, -0.1) is 0 Å². The van der Waals surface area contributed by atoms with E-state index in [-0.39, 0.29) is 0 Å². The van der Waals surface area contributed by atoms with E-state index in [0.29, 0.717) is 0 Å². The number of rotatable bonds is 2. The van der Waals surface area contributed by atoms with Gasteiger partial charge in [-0.2, -0.15) is 0 Å². The second-order valence-corrected chi connectivity index (χ2v) is 2.13. The van der Waals surface area contributed by atoms with Crippen LogP contribution in [0.5, 0.6) is 0 Å². The Balaban J connectivity index is 2.66. The molecule has 0 saturated carbocycles. The molecule has 0 N–H and O–H groups in total. The van der Waals surface area contributed by atoms with Crippen LogP contribution < -0.4 is 0 Å². The quantitative estimate of drug-likeness (QED) is 0.397. The lowest BCUT2D eigenvalue weighted by molar-refractivity contribution is 1.66. The first-order chi connectivity index (χ1) is 2.91. The molecule has 0 bridgehead atoms. The topological polar surface area (TPSA) is 0 Å². The van der Waals surface area contributed by atoms with E-state index in [1.165, 1.54) is 10.8 Å². The Bertz CT molecular complexity index is 40.8. The van der Waals surface area contributed by atoms with Crippen molar-refractivity contribution in [2.24, 2.45) is 0 Å². The zero-order valence-electron chi connectivity index (χ0n) is 3.68. The molecule has 6 heavy (non-hydrogen) atoms. The highest BCUT2D eigenvalue weighted by atomic mass is 33.1. The Morgan fingerprint density at radius 2 is 2.50 bits per heavy atom. The van der Waals surface area contributed by atoms with Gasteiger partial charge in [0.2, 0.25) is 0 Å². The molecule has 0 saturated heterocycles. The Labute approximate surface area is 47.8 Å². The van der Waals surface area contributed by atoms with Gasteiger partial charge >= 0.3 is 0 Å². The molecule has 0 spiro atoms. The van der Waals surface area contributed by atoms with Gasteiger partial charge in [0.15, 0.2) is 0 Å². The summed E-state index contributed by atoms with van der Waals surface area (Å²) in [5.74, 6) is 0.964. The van der Waals surface area contributed by atoms with Crippen molar-refractivity contribution in [1.82, 2.24) is 0 Å². The Morgan fingerprint density at radius 3 is 2.67 bits per heavy atom. The molecule has 0 aliphatic heterocycles. The van der Waals surface area contributed by atoms with Crippen LogP contribution in [0.4, 0.5) is 0 Å². The molecule has 0 aromatic rings. The minimum Gasteiger partial charge on any atom is -0.0908 e. The van der Waals surface area contributed by atoms with Crippen molar-refractivity contribution in [2.45, 2.75) is 6.92 Å². The maximum atomic E-state index is 4.58. The lowest BCUT2D eigenvalue weighted by Crippen LogP contribution is -1.56. The lowest BCUT2D eigenvalue weighted by atomic mass is 10.6. The number of allylic oxidation sites excluding steroid dienone is 1. The number of hydrogen-bond acceptors (Lipinski definition) is 1. The summed E-state index contributed by atoms with van der Waals surface area (Å²) in [6.45, 7) is 1.99. The second kappa shape index (κ2) is 5.44. The highest BCUT2D eigenvalue weighted by Crippen LogP contribution is 2.02. The molecule has 0 unspecified atom stereocenters. The van der Waals surface area contributed by atoms with Gasteiger partial charge in [-0.3, -0.25) is 0 Å². The first kappa shape index (κ1) is 6.44. The summed E-state index contributed by atoms with van der Waals surface area (Å²) in [6, 6.07) is 0. The van der Waals surface area contributed by atoms with E-state index in [4.69, 9.17) is 0 Å². The average Bonchev–Trinajstić information content (AvgIpc) is 1.61. The average molecular weight is 119 g/mol. The largest absolute Gasteiger partial charge is 0.0908 e. The van der Waals surface area contributed by atoms with E-state index in [9.17, 15) is 0 Å². The van der Waals surface area contributed by atoms with Gasteiger partial charge < -0.3 is 0 Å². The maximum Gasteiger partial charge on any atom is 0.0226 e. The molecule has 0 aliphatic carbocycles. The Hall–Kier alpha value is 0.440. The van der Waals surface area contributed by atoms with E-state index < -0.39 is 0 Å². The van der Waals surface area contributed by atoms with Crippen LogP contribution in [0.1, 0.15) is 6.92 Å². The summed E-state index contributed by atoms with van der Waals surface area (Å²) in [5, 5.41) is 0. The van der Waals surface area contributed by atoms with Crippen LogP contribution in [0.15, 0.2) is 12.2 Å². The van der Waals surface area contributed by atoms with Crippen molar-refractivity contribution in [3.8, 4) is 0 Å². The normalized spacial score (nSPS) is 10.3. The van der Waals surface area contributed by atoms with Crippen LogP contribution >= 0.6 is 22.5 Å². The minimum absolute atomic E-state index is 0.964. The highest BCUT2D eigenvalue weighted by molar-refractivity contribution is 8.68. The molecule has 0 aliphatic rings. The summed E-state index contributed by atoms with van der Waals surface area (Å²) in [5.41, 5.74) is 0. The van der Waals surface area contributed by atoms with Gasteiger partial charge in [-0.05, 0) is 18.6 Å². The van der Waals surface area contributed by atoms with E-state index in [2.05, 4.69) is 11.7 Å². The molecule has 0 nitrogen and oxygen atoms in total. The van der Waals surface area contributed by atoms with Gasteiger partial charge in [0.1, 0.15) is 0 Å². The summed E-state index contributed by atoms with van der Waals surface area (Å²) in [7, 11) is 1.42. The van der Waals surface area contributed by atoms with Crippen molar-refractivity contribution >= 4 is 22.5 Å². The van der Waals surface area contributed by atoms with Crippen molar-refractivity contribution in [3.05, 3.63) is 12.2 Å². The summed E-state index contributed by atoms with van der Waals surface area (Å²) in [6.07, 6.45) is 4.04. The van der Waals surface area contributed by atoms with E-state index >= 15 is 0 Å². The first-order valence-electron chi connectivity index (χ1n) is 1.77. The fourth-order valence-electron chi connectivity index (χ4n) is 0.136. The van der Waals surface area contributed by atoms with E-state index in [0.717, 1.165) is 5.75 Å².